The highest BCUT2D eigenvalue weighted by molar-refractivity contribution is 6.00. The van der Waals surface area contributed by atoms with E-state index in [1.165, 1.54) is 12.8 Å². The minimum atomic E-state index is -0.356. The van der Waals surface area contributed by atoms with E-state index in [4.69, 9.17) is 0 Å². The third-order valence-corrected chi connectivity index (χ3v) is 4.94. The van der Waals surface area contributed by atoms with Crippen LogP contribution < -0.4 is 15.5 Å². The van der Waals surface area contributed by atoms with Crippen LogP contribution in [0.4, 0.5) is 5.69 Å². The highest BCUT2D eigenvalue weighted by Crippen LogP contribution is 2.24. The summed E-state index contributed by atoms with van der Waals surface area (Å²) in [6.45, 7) is 0.705. The van der Waals surface area contributed by atoms with E-state index in [-0.39, 0.29) is 36.5 Å². The van der Waals surface area contributed by atoms with Crippen LogP contribution in [0.1, 0.15) is 38.5 Å². The van der Waals surface area contributed by atoms with Crippen molar-refractivity contribution in [1.29, 1.82) is 0 Å². The molecule has 134 valence electrons. The average Bonchev–Trinajstić information content (AvgIpc) is 3.25. The van der Waals surface area contributed by atoms with Crippen LogP contribution >= 0.6 is 0 Å². The molecule has 1 aromatic carbocycles. The monoisotopic (exact) mass is 343 g/mol. The van der Waals surface area contributed by atoms with Gasteiger partial charge < -0.3 is 15.5 Å². The predicted molar refractivity (Wildman–Crippen MR) is 94.9 cm³/mol. The van der Waals surface area contributed by atoms with Gasteiger partial charge in [0, 0.05) is 37.7 Å². The summed E-state index contributed by atoms with van der Waals surface area (Å²) in [5.74, 6) is -0.558. The standard InChI is InChI=1S/C19H25N3O3/c23-17(21-15-6-4-5-7-15)10-11-20-19(25)14-12-18(24)22(13-14)16-8-2-1-3-9-16/h1-3,8-9,14-15H,4-7,10-13H2,(H,20,25)(H,21,23)/t14-/m1/s1. The van der Waals surface area contributed by atoms with Gasteiger partial charge >= 0.3 is 0 Å². The van der Waals surface area contributed by atoms with E-state index >= 15 is 0 Å². The molecule has 0 radical (unpaired) electrons. The zero-order chi connectivity index (χ0) is 17.6. The summed E-state index contributed by atoms with van der Waals surface area (Å²) in [5.41, 5.74) is 0.818. The van der Waals surface area contributed by atoms with E-state index in [0.717, 1.165) is 18.5 Å². The lowest BCUT2D eigenvalue weighted by Gasteiger charge is -2.16. The van der Waals surface area contributed by atoms with Crippen molar-refractivity contribution in [3.63, 3.8) is 0 Å². The molecule has 1 atom stereocenters. The predicted octanol–water partition coefficient (Wildman–Crippen LogP) is 1.60. The van der Waals surface area contributed by atoms with Crippen molar-refractivity contribution in [1.82, 2.24) is 10.6 Å². The molecule has 0 aromatic heterocycles. The van der Waals surface area contributed by atoms with Crippen LogP contribution in [0.2, 0.25) is 0 Å². The quantitative estimate of drug-likeness (QED) is 0.824. The normalized spacial score (nSPS) is 20.7. The first-order valence-corrected chi connectivity index (χ1v) is 9.06. The summed E-state index contributed by atoms with van der Waals surface area (Å²) in [5, 5.41) is 5.80. The van der Waals surface area contributed by atoms with Crippen molar-refractivity contribution in [2.24, 2.45) is 5.92 Å². The number of benzene rings is 1. The van der Waals surface area contributed by atoms with Crippen molar-refractivity contribution in [2.75, 3.05) is 18.0 Å². The lowest BCUT2D eigenvalue weighted by molar-refractivity contribution is -0.126. The third kappa shape index (κ3) is 4.59. The number of nitrogens with one attached hydrogen (secondary N) is 2. The molecule has 1 saturated carbocycles. The Morgan fingerprint density at radius 3 is 2.56 bits per heavy atom. The van der Waals surface area contributed by atoms with E-state index in [1.807, 2.05) is 30.3 Å². The maximum absolute atomic E-state index is 12.3. The number of anilines is 1. The number of amides is 3. The van der Waals surface area contributed by atoms with Crippen LogP contribution in [0.5, 0.6) is 0 Å². The zero-order valence-corrected chi connectivity index (χ0v) is 14.4. The van der Waals surface area contributed by atoms with Crippen molar-refractivity contribution >= 4 is 23.4 Å². The molecule has 2 fully saturated rings. The second-order valence-electron chi connectivity index (χ2n) is 6.83. The van der Waals surface area contributed by atoms with Crippen molar-refractivity contribution in [3.8, 4) is 0 Å². The minimum absolute atomic E-state index is 0.0133. The van der Waals surface area contributed by atoms with E-state index in [9.17, 15) is 14.4 Å². The molecule has 0 unspecified atom stereocenters. The molecule has 1 saturated heterocycles. The number of carbonyl (C=O) groups is 3. The van der Waals surface area contributed by atoms with Gasteiger partial charge in [-0.25, -0.2) is 0 Å². The summed E-state index contributed by atoms with van der Waals surface area (Å²) in [7, 11) is 0. The summed E-state index contributed by atoms with van der Waals surface area (Å²) in [6.07, 6.45) is 4.96. The highest BCUT2D eigenvalue weighted by Gasteiger charge is 2.34. The molecule has 3 rings (SSSR count). The van der Waals surface area contributed by atoms with Crippen LogP contribution in [0, 0.1) is 5.92 Å². The smallest absolute Gasteiger partial charge is 0.227 e. The molecule has 1 heterocycles. The highest BCUT2D eigenvalue weighted by atomic mass is 16.2. The Balaban J connectivity index is 1.41. The fourth-order valence-corrected chi connectivity index (χ4v) is 3.55. The van der Waals surface area contributed by atoms with E-state index in [0.29, 0.717) is 19.1 Å². The Labute approximate surface area is 148 Å². The van der Waals surface area contributed by atoms with Gasteiger partial charge in [0.1, 0.15) is 0 Å². The molecule has 2 aliphatic rings. The number of carbonyl (C=O) groups excluding carboxylic acids is 3. The molecular formula is C19H25N3O3. The number of nitrogens with zero attached hydrogens (tertiary/aromatic N) is 1. The van der Waals surface area contributed by atoms with Gasteiger partial charge in [-0.15, -0.1) is 0 Å². The first kappa shape index (κ1) is 17.5. The maximum Gasteiger partial charge on any atom is 0.227 e. The Morgan fingerprint density at radius 2 is 1.84 bits per heavy atom. The molecule has 2 N–H and O–H groups in total. The van der Waals surface area contributed by atoms with Gasteiger partial charge in [-0.3, -0.25) is 14.4 Å². The fourth-order valence-electron chi connectivity index (χ4n) is 3.55. The lowest BCUT2D eigenvalue weighted by atomic mass is 10.1. The molecule has 1 aliphatic carbocycles. The average molecular weight is 343 g/mol. The molecule has 1 aliphatic heterocycles. The molecule has 25 heavy (non-hydrogen) atoms. The van der Waals surface area contributed by atoms with Crippen LogP contribution in [-0.4, -0.2) is 36.9 Å². The van der Waals surface area contributed by atoms with Gasteiger partial charge in [-0.2, -0.15) is 0 Å². The van der Waals surface area contributed by atoms with Crippen LogP contribution in [0.15, 0.2) is 30.3 Å². The zero-order valence-electron chi connectivity index (χ0n) is 14.4. The fraction of sp³-hybridized carbons (Fsp3) is 0.526. The molecular weight excluding hydrogens is 318 g/mol. The summed E-state index contributed by atoms with van der Waals surface area (Å²) in [6, 6.07) is 9.68. The number of para-hydroxylation sites is 1. The Kier molecular flexibility index (Phi) is 5.68. The molecule has 3 amide bonds. The molecule has 0 spiro atoms. The largest absolute Gasteiger partial charge is 0.355 e. The maximum atomic E-state index is 12.3. The lowest BCUT2D eigenvalue weighted by Crippen LogP contribution is -2.37. The van der Waals surface area contributed by atoms with Crippen LogP contribution in [0.3, 0.4) is 0 Å². The van der Waals surface area contributed by atoms with Gasteiger partial charge in [0.2, 0.25) is 17.7 Å². The van der Waals surface area contributed by atoms with Crippen LogP contribution in [-0.2, 0) is 14.4 Å². The molecule has 6 heteroatoms. The Bertz CT molecular complexity index is 626. The third-order valence-electron chi connectivity index (χ3n) is 4.94. The van der Waals surface area contributed by atoms with E-state index in [1.54, 1.807) is 4.90 Å². The first-order valence-electron chi connectivity index (χ1n) is 9.06. The van der Waals surface area contributed by atoms with Crippen molar-refractivity contribution in [3.05, 3.63) is 30.3 Å². The van der Waals surface area contributed by atoms with Gasteiger partial charge in [0.05, 0.1) is 5.92 Å². The number of rotatable bonds is 6. The topological polar surface area (TPSA) is 78.5 Å². The summed E-state index contributed by atoms with van der Waals surface area (Å²) >= 11 is 0. The van der Waals surface area contributed by atoms with Crippen LogP contribution in [0.25, 0.3) is 0 Å². The first-order chi connectivity index (χ1) is 12.1. The van der Waals surface area contributed by atoms with E-state index in [2.05, 4.69) is 10.6 Å². The molecule has 1 aromatic rings. The van der Waals surface area contributed by atoms with Gasteiger partial charge in [-0.1, -0.05) is 31.0 Å². The molecule has 0 bridgehead atoms. The van der Waals surface area contributed by atoms with Gasteiger partial charge in [0.15, 0.2) is 0 Å². The Morgan fingerprint density at radius 1 is 1.12 bits per heavy atom. The van der Waals surface area contributed by atoms with Gasteiger partial charge in [0.25, 0.3) is 0 Å². The van der Waals surface area contributed by atoms with Gasteiger partial charge in [-0.05, 0) is 25.0 Å². The second kappa shape index (κ2) is 8.14. The number of hydrogen-bond acceptors (Lipinski definition) is 3. The van der Waals surface area contributed by atoms with Crippen molar-refractivity contribution < 1.29 is 14.4 Å². The number of hydrogen-bond donors (Lipinski definition) is 2. The Hall–Kier alpha value is -2.37. The van der Waals surface area contributed by atoms with E-state index < -0.39 is 0 Å². The summed E-state index contributed by atoms with van der Waals surface area (Å²) < 4.78 is 0. The second-order valence-corrected chi connectivity index (χ2v) is 6.83. The SMILES string of the molecule is O=C(CCNC(=O)[C@@H]1CC(=O)N(c2ccccc2)C1)NC1CCCC1. The molecule has 6 nitrogen and oxygen atoms in total. The van der Waals surface area contributed by atoms with Crippen molar-refractivity contribution in [2.45, 2.75) is 44.6 Å². The summed E-state index contributed by atoms with van der Waals surface area (Å²) in [4.78, 5) is 37.9. The minimum Gasteiger partial charge on any atom is -0.355 e.